The minimum absolute atomic E-state index is 0.0831. The molecule has 0 amide bonds. The van der Waals surface area contributed by atoms with Crippen molar-refractivity contribution in [3.63, 3.8) is 0 Å². The van der Waals surface area contributed by atoms with Crippen molar-refractivity contribution in [2.24, 2.45) is 0 Å². The number of thiophene rings is 1. The van der Waals surface area contributed by atoms with Crippen LogP contribution in [0.1, 0.15) is 19.8 Å². The summed E-state index contributed by atoms with van der Waals surface area (Å²) in [7, 11) is 0. The third kappa shape index (κ3) is 2.92. The second-order valence-corrected chi connectivity index (χ2v) is 4.84. The molecule has 0 saturated heterocycles. The molecule has 0 saturated carbocycles. The first kappa shape index (κ1) is 12.3. The maximum absolute atomic E-state index is 12.0. The Morgan fingerprint density at radius 2 is 2.35 bits per heavy atom. The van der Waals surface area contributed by atoms with Crippen molar-refractivity contribution < 1.29 is 0 Å². The van der Waals surface area contributed by atoms with E-state index in [0.717, 1.165) is 42.7 Å². The third-order valence-electron chi connectivity index (χ3n) is 2.70. The second-order valence-electron chi connectivity index (χ2n) is 3.94. The summed E-state index contributed by atoms with van der Waals surface area (Å²) in [5.41, 5.74) is 0.0831. The van der Waals surface area contributed by atoms with Crippen molar-refractivity contribution in [3.8, 4) is 0 Å². The van der Waals surface area contributed by atoms with E-state index in [1.54, 1.807) is 10.9 Å². The van der Waals surface area contributed by atoms with Gasteiger partial charge in [0.15, 0.2) is 0 Å². The van der Waals surface area contributed by atoms with Gasteiger partial charge in [-0.15, -0.1) is 11.3 Å². The van der Waals surface area contributed by atoms with Crippen LogP contribution in [0.2, 0.25) is 0 Å². The highest BCUT2D eigenvalue weighted by atomic mass is 32.1. The highest BCUT2D eigenvalue weighted by Crippen LogP contribution is 2.13. The minimum Gasteiger partial charge on any atom is -0.317 e. The molecule has 2 heterocycles. The van der Waals surface area contributed by atoms with Crippen molar-refractivity contribution in [2.75, 3.05) is 13.1 Å². The van der Waals surface area contributed by atoms with Gasteiger partial charge in [0.2, 0.25) is 0 Å². The molecule has 0 bridgehead atoms. The summed E-state index contributed by atoms with van der Waals surface area (Å²) in [6, 6.07) is 1.85. The number of hydrogen-bond acceptors (Lipinski definition) is 4. The Bertz CT molecular complexity index is 532. The molecule has 1 N–H and O–H groups in total. The third-order valence-corrected chi connectivity index (χ3v) is 3.52. The van der Waals surface area contributed by atoms with Gasteiger partial charge in [0.25, 0.3) is 5.56 Å². The number of nitrogens with zero attached hydrogens (tertiary/aromatic N) is 2. The van der Waals surface area contributed by atoms with E-state index < -0.39 is 0 Å². The first-order chi connectivity index (χ1) is 8.33. The monoisotopic (exact) mass is 251 g/mol. The zero-order chi connectivity index (χ0) is 12.1. The molecule has 0 unspecified atom stereocenters. The summed E-state index contributed by atoms with van der Waals surface area (Å²) in [4.78, 5) is 17.1. The van der Waals surface area contributed by atoms with Crippen LogP contribution in [-0.4, -0.2) is 22.6 Å². The Morgan fingerprint density at radius 3 is 3.18 bits per heavy atom. The highest BCUT2D eigenvalue weighted by molar-refractivity contribution is 7.16. The van der Waals surface area contributed by atoms with Gasteiger partial charge in [-0.25, -0.2) is 4.98 Å². The molecule has 0 fully saturated rings. The molecule has 0 aliphatic rings. The number of aromatic nitrogens is 2. The van der Waals surface area contributed by atoms with E-state index >= 15 is 0 Å². The minimum atomic E-state index is 0.0831. The quantitative estimate of drug-likeness (QED) is 0.797. The molecule has 0 spiro atoms. The summed E-state index contributed by atoms with van der Waals surface area (Å²) >= 11 is 1.51. The number of rotatable bonds is 6. The molecule has 0 aliphatic heterocycles. The molecule has 4 nitrogen and oxygen atoms in total. The number of unbranched alkanes of at least 4 members (excludes halogenated alkanes) is 1. The summed E-state index contributed by atoms with van der Waals surface area (Å²) in [6.07, 6.45) is 3.75. The van der Waals surface area contributed by atoms with E-state index in [9.17, 15) is 4.79 Å². The lowest BCUT2D eigenvalue weighted by molar-refractivity contribution is 0.564. The van der Waals surface area contributed by atoms with E-state index in [2.05, 4.69) is 17.2 Å². The van der Waals surface area contributed by atoms with Crippen LogP contribution >= 0.6 is 11.3 Å². The topological polar surface area (TPSA) is 46.9 Å². The zero-order valence-corrected chi connectivity index (χ0v) is 10.8. The van der Waals surface area contributed by atoms with Crippen molar-refractivity contribution in [1.29, 1.82) is 0 Å². The van der Waals surface area contributed by atoms with Crippen molar-refractivity contribution in [2.45, 2.75) is 26.3 Å². The van der Waals surface area contributed by atoms with Gasteiger partial charge in [-0.3, -0.25) is 9.36 Å². The first-order valence-corrected chi connectivity index (χ1v) is 6.84. The zero-order valence-electron chi connectivity index (χ0n) is 9.98. The molecule has 5 heteroatoms. The standard InChI is InChI=1S/C12H17N3OS/c1-2-13-6-3-4-7-15-9-14-11-10(12(15)16)5-8-17-11/h5,8-9,13H,2-4,6-7H2,1H3. The molecule has 0 aromatic carbocycles. The van der Waals surface area contributed by atoms with Gasteiger partial charge >= 0.3 is 0 Å². The molecule has 2 aromatic rings. The fraction of sp³-hybridized carbons (Fsp3) is 0.500. The van der Waals surface area contributed by atoms with Crippen LogP contribution < -0.4 is 10.9 Å². The summed E-state index contributed by atoms with van der Waals surface area (Å²) in [5.74, 6) is 0. The number of hydrogen-bond donors (Lipinski definition) is 1. The Balaban J connectivity index is 1.99. The Kier molecular flexibility index (Phi) is 4.28. The first-order valence-electron chi connectivity index (χ1n) is 5.96. The molecule has 92 valence electrons. The molecule has 0 atom stereocenters. The SMILES string of the molecule is CCNCCCCn1cnc2sccc2c1=O. The lowest BCUT2D eigenvalue weighted by Crippen LogP contribution is -2.21. The molecule has 0 aliphatic carbocycles. The van der Waals surface area contributed by atoms with E-state index in [4.69, 9.17) is 0 Å². The molecule has 2 rings (SSSR count). The number of fused-ring (bicyclic) bond motifs is 1. The maximum atomic E-state index is 12.0. The van der Waals surface area contributed by atoms with Gasteiger partial charge in [-0.1, -0.05) is 6.92 Å². The average molecular weight is 251 g/mol. The number of aryl methyl sites for hydroxylation is 1. The molecular formula is C12H17N3OS. The van der Waals surface area contributed by atoms with Crippen molar-refractivity contribution in [3.05, 3.63) is 28.1 Å². The van der Waals surface area contributed by atoms with E-state index in [1.807, 2.05) is 11.4 Å². The van der Waals surface area contributed by atoms with E-state index in [0.29, 0.717) is 0 Å². The normalized spacial score (nSPS) is 11.1. The van der Waals surface area contributed by atoms with Gasteiger partial charge in [0, 0.05) is 6.54 Å². The van der Waals surface area contributed by atoms with Crippen LogP contribution in [-0.2, 0) is 6.54 Å². The van der Waals surface area contributed by atoms with Crippen LogP contribution in [0, 0.1) is 0 Å². The van der Waals surface area contributed by atoms with Gasteiger partial charge in [0.05, 0.1) is 11.7 Å². The average Bonchev–Trinajstić information content (AvgIpc) is 2.80. The van der Waals surface area contributed by atoms with Crippen molar-refractivity contribution in [1.82, 2.24) is 14.9 Å². The Labute approximate surface area is 104 Å². The summed E-state index contributed by atoms with van der Waals surface area (Å²) < 4.78 is 1.71. The molecule has 2 aromatic heterocycles. The van der Waals surface area contributed by atoms with Crippen LogP contribution in [0.4, 0.5) is 0 Å². The second kappa shape index (κ2) is 5.93. The van der Waals surface area contributed by atoms with E-state index in [-0.39, 0.29) is 5.56 Å². The lowest BCUT2D eigenvalue weighted by atomic mass is 10.3. The predicted molar refractivity (Wildman–Crippen MR) is 71.7 cm³/mol. The summed E-state index contributed by atoms with van der Waals surface area (Å²) in [6.45, 7) is 4.86. The fourth-order valence-electron chi connectivity index (χ4n) is 1.76. The maximum Gasteiger partial charge on any atom is 0.262 e. The van der Waals surface area contributed by atoms with E-state index in [1.165, 1.54) is 11.3 Å². The lowest BCUT2D eigenvalue weighted by Gasteiger charge is -2.05. The Hall–Kier alpha value is -1.20. The molecule has 0 radical (unpaired) electrons. The van der Waals surface area contributed by atoms with Crippen LogP contribution in [0.3, 0.4) is 0 Å². The molecular weight excluding hydrogens is 234 g/mol. The van der Waals surface area contributed by atoms with Crippen LogP contribution in [0.5, 0.6) is 0 Å². The van der Waals surface area contributed by atoms with Crippen molar-refractivity contribution >= 4 is 21.6 Å². The fourth-order valence-corrected chi connectivity index (χ4v) is 2.48. The Morgan fingerprint density at radius 1 is 1.47 bits per heavy atom. The van der Waals surface area contributed by atoms with Gasteiger partial charge in [-0.05, 0) is 37.4 Å². The number of nitrogens with one attached hydrogen (secondary N) is 1. The smallest absolute Gasteiger partial charge is 0.262 e. The van der Waals surface area contributed by atoms with Gasteiger partial charge in [0.1, 0.15) is 4.83 Å². The van der Waals surface area contributed by atoms with Gasteiger partial charge < -0.3 is 5.32 Å². The van der Waals surface area contributed by atoms with Crippen LogP contribution in [0.25, 0.3) is 10.2 Å². The highest BCUT2D eigenvalue weighted by Gasteiger charge is 2.04. The largest absolute Gasteiger partial charge is 0.317 e. The molecule has 17 heavy (non-hydrogen) atoms. The van der Waals surface area contributed by atoms with Gasteiger partial charge in [-0.2, -0.15) is 0 Å². The predicted octanol–water partition coefficient (Wildman–Crippen LogP) is 1.85. The van der Waals surface area contributed by atoms with Crippen LogP contribution in [0.15, 0.2) is 22.6 Å². The summed E-state index contributed by atoms with van der Waals surface area (Å²) in [5, 5.41) is 5.92.